The Morgan fingerprint density at radius 2 is 1.94 bits per heavy atom. The average Bonchev–Trinajstić information content (AvgIpc) is 2.63. The maximum absolute atomic E-state index is 11.6. The Bertz CT molecular complexity index is 302. The fourth-order valence-corrected chi connectivity index (χ4v) is 2.51. The molecule has 0 radical (unpaired) electrons. The number of carboxylic acids is 1. The molecule has 2 atom stereocenters. The summed E-state index contributed by atoms with van der Waals surface area (Å²) in [6, 6.07) is -0.120. The number of aliphatic carboxylic acids is 1. The van der Waals surface area contributed by atoms with Crippen molar-refractivity contribution in [2.45, 2.75) is 44.6 Å². The predicted octanol–water partition coefficient (Wildman–Crippen LogP) is 1.34. The molecule has 2 aliphatic carbocycles. The Morgan fingerprint density at radius 1 is 1.18 bits per heavy atom. The number of carboxylic acid groups (broad SMARTS) is 1. The molecule has 0 saturated heterocycles. The largest absolute Gasteiger partial charge is 0.481 e. The van der Waals surface area contributed by atoms with Crippen molar-refractivity contribution in [3.05, 3.63) is 0 Å². The number of hydrogen-bond acceptors (Lipinski definition) is 2. The van der Waals surface area contributed by atoms with Crippen LogP contribution in [0.1, 0.15) is 38.5 Å². The average molecular weight is 240 g/mol. The molecule has 5 heteroatoms. The summed E-state index contributed by atoms with van der Waals surface area (Å²) in [6.45, 7) is 0.751. The molecule has 2 rings (SSSR count). The van der Waals surface area contributed by atoms with Gasteiger partial charge in [-0.25, -0.2) is 4.79 Å². The topological polar surface area (TPSA) is 78.4 Å². The highest BCUT2D eigenvalue weighted by molar-refractivity contribution is 5.75. The maximum Gasteiger partial charge on any atom is 0.315 e. The van der Waals surface area contributed by atoms with E-state index in [0.29, 0.717) is 18.8 Å². The molecular weight excluding hydrogens is 220 g/mol. The zero-order chi connectivity index (χ0) is 12.3. The normalized spacial score (nSPS) is 28.5. The number of hydrogen-bond donors (Lipinski definition) is 3. The van der Waals surface area contributed by atoms with Gasteiger partial charge in [0.1, 0.15) is 0 Å². The third-order valence-electron chi connectivity index (χ3n) is 3.89. The minimum Gasteiger partial charge on any atom is -0.481 e. The summed E-state index contributed by atoms with van der Waals surface area (Å²) in [5.41, 5.74) is 0. The fraction of sp³-hybridized carbons (Fsp3) is 0.833. The van der Waals surface area contributed by atoms with Crippen LogP contribution in [0.15, 0.2) is 0 Å². The second kappa shape index (κ2) is 5.38. The van der Waals surface area contributed by atoms with Gasteiger partial charge < -0.3 is 15.7 Å². The summed E-state index contributed by atoms with van der Waals surface area (Å²) >= 11 is 0. The number of amides is 2. The predicted molar refractivity (Wildman–Crippen MR) is 62.6 cm³/mol. The van der Waals surface area contributed by atoms with Crippen molar-refractivity contribution in [1.29, 1.82) is 0 Å². The van der Waals surface area contributed by atoms with Crippen molar-refractivity contribution in [3.63, 3.8) is 0 Å². The first kappa shape index (κ1) is 12.2. The highest BCUT2D eigenvalue weighted by Gasteiger charge is 2.30. The molecule has 0 aromatic heterocycles. The molecule has 0 aliphatic heterocycles. The first-order valence-electron chi connectivity index (χ1n) is 6.42. The fourth-order valence-electron chi connectivity index (χ4n) is 2.51. The highest BCUT2D eigenvalue weighted by Crippen LogP contribution is 2.26. The number of rotatable bonds is 4. The highest BCUT2D eigenvalue weighted by atomic mass is 16.4. The Morgan fingerprint density at radius 3 is 2.47 bits per heavy atom. The lowest BCUT2D eigenvalue weighted by molar-refractivity contribution is -0.141. The van der Waals surface area contributed by atoms with E-state index in [9.17, 15) is 9.59 Å². The molecule has 3 N–H and O–H groups in total. The van der Waals surface area contributed by atoms with Crippen LogP contribution in [0.4, 0.5) is 4.79 Å². The first-order chi connectivity index (χ1) is 8.15. The number of urea groups is 1. The molecule has 0 spiro atoms. The van der Waals surface area contributed by atoms with Gasteiger partial charge in [-0.2, -0.15) is 0 Å². The van der Waals surface area contributed by atoms with E-state index < -0.39 is 5.97 Å². The smallest absolute Gasteiger partial charge is 0.315 e. The molecule has 2 aliphatic rings. The van der Waals surface area contributed by atoms with Gasteiger partial charge in [0.2, 0.25) is 0 Å². The van der Waals surface area contributed by atoms with Crippen molar-refractivity contribution in [1.82, 2.24) is 10.6 Å². The molecule has 96 valence electrons. The molecule has 5 nitrogen and oxygen atoms in total. The van der Waals surface area contributed by atoms with Crippen molar-refractivity contribution >= 4 is 12.0 Å². The van der Waals surface area contributed by atoms with Gasteiger partial charge in [0, 0.05) is 12.6 Å². The van der Waals surface area contributed by atoms with Gasteiger partial charge in [-0.15, -0.1) is 0 Å². The quantitative estimate of drug-likeness (QED) is 0.694. The summed E-state index contributed by atoms with van der Waals surface area (Å²) < 4.78 is 0. The maximum atomic E-state index is 11.6. The van der Waals surface area contributed by atoms with Crippen molar-refractivity contribution in [2.75, 3.05) is 6.54 Å². The van der Waals surface area contributed by atoms with Crippen LogP contribution < -0.4 is 10.6 Å². The van der Waals surface area contributed by atoms with E-state index in [1.165, 1.54) is 19.3 Å². The summed E-state index contributed by atoms with van der Waals surface area (Å²) in [7, 11) is 0. The van der Waals surface area contributed by atoms with Gasteiger partial charge in [-0.05, 0) is 38.0 Å². The van der Waals surface area contributed by atoms with E-state index in [1.54, 1.807) is 0 Å². The van der Waals surface area contributed by atoms with Gasteiger partial charge in [0.15, 0.2) is 0 Å². The zero-order valence-electron chi connectivity index (χ0n) is 9.95. The van der Waals surface area contributed by atoms with Crippen LogP contribution in [0.2, 0.25) is 0 Å². The summed E-state index contributed by atoms with van der Waals surface area (Å²) in [6.07, 6.45) is 5.70. The van der Waals surface area contributed by atoms with Gasteiger partial charge in [-0.3, -0.25) is 4.79 Å². The van der Waals surface area contributed by atoms with Crippen LogP contribution >= 0.6 is 0 Å². The van der Waals surface area contributed by atoms with E-state index in [2.05, 4.69) is 10.6 Å². The van der Waals surface area contributed by atoms with Crippen LogP contribution in [0, 0.1) is 11.8 Å². The van der Waals surface area contributed by atoms with Crippen LogP contribution in [-0.4, -0.2) is 29.7 Å². The number of carbonyl (C=O) groups excluding carboxylic acids is 1. The Balaban J connectivity index is 1.63. The Kier molecular flexibility index (Phi) is 3.86. The van der Waals surface area contributed by atoms with E-state index >= 15 is 0 Å². The number of nitrogens with one attached hydrogen (secondary N) is 2. The third-order valence-corrected chi connectivity index (χ3v) is 3.89. The van der Waals surface area contributed by atoms with Crippen molar-refractivity contribution < 1.29 is 14.7 Å². The molecule has 2 unspecified atom stereocenters. The van der Waals surface area contributed by atoms with Gasteiger partial charge in [-0.1, -0.05) is 6.42 Å². The van der Waals surface area contributed by atoms with Crippen molar-refractivity contribution in [3.8, 4) is 0 Å². The van der Waals surface area contributed by atoms with Crippen molar-refractivity contribution in [2.24, 2.45) is 11.8 Å². The minimum absolute atomic E-state index is 0.0255. The summed E-state index contributed by atoms with van der Waals surface area (Å²) in [5.74, 6) is -0.382. The molecule has 0 aromatic rings. The zero-order valence-corrected chi connectivity index (χ0v) is 9.95. The molecule has 2 fully saturated rings. The monoisotopic (exact) mass is 240 g/mol. The van der Waals surface area contributed by atoms with E-state index in [0.717, 1.165) is 13.0 Å². The summed E-state index contributed by atoms with van der Waals surface area (Å²) in [5, 5.41) is 14.6. The second-order valence-corrected chi connectivity index (χ2v) is 5.20. The Labute approximate surface area is 101 Å². The number of carbonyl (C=O) groups is 2. The van der Waals surface area contributed by atoms with E-state index in [4.69, 9.17) is 5.11 Å². The van der Waals surface area contributed by atoms with Crippen LogP contribution in [-0.2, 0) is 4.79 Å². The van der Waals surface area contributed by atoms with E-state index in [-0.39, 0.29) is 18.0 Å². The van der Waals surface area contributed by atoms with Crippen LogP contribution in [0.3, 0.4) is 0 Å². The third kappa shape index (κ3) is 3.35. The molecule has 0 aromatic carbocycles. The molecule has 0 bridgehead atoms. The lowest BCUT2D eigenvalue weighted by Crippen LogP contribution is -2.43. The standard InChI is InChI=1S/C12H20N2O3/c15-11(16)9-4-5-10(6-9)14-12(17)13-7-8-2-1-3-8/h8-10H,1-7H2,(H,15,16)(H2,13,14,17). The van der Waals surface area contributed by atoms with Gasteiger partial charge in [0.25, 0.3) is 0 Å². The van der Waals surface area contributed by atoms with Gasteiger partial charge in [0.05, 0.1) is 5.92 Å². The molecule has 2 amide bonds. The van der Waals surface area contributed by atoms with E-state index in [1.807, 2.05) is 0 Å². The SMILES string of the molecule is O=C(NCC1CCC1)NC1CCC(C(=O)O)C1. The Hall–Kier alpha value is -1.26. The first-order valence-corrected chi connectivity index (χ1v) is 6.42. The molecule has 2 saturated carbocycles. The molecule has 17 heavy (non-hydrogen) atoms. The lowest BCUT2D eigenvalue weighted by atomic mass is 9.85. The van der Waals surface area contributed by atoms with Crippen LogP contribution in [0.25, 0.3) is 0 Å². The second-order valence-electron chi connectivity index (χ2n) is 5.20. The lowest BCUT2D eigenvalue weighted by Gasteiger charge is -2.25. The summed E-state index contributed by atoms with van der Waals surface area (Å²) in [4.78, 5) is 22.3. The van der Waals surface area contributed by atoms with Crippen LogP contribution in [0.5, 0.6) is 0 Å². The molecular formula is C12H20N2O3. The molecule has 0 heterocycles. The van der Waals surface area contributed by atoms with Gasteiger partial charge >= 0.3 is 12.0 Å². The minimum atomic E-state index is -0.746.